The van der Waals surface area contributed by atoms with Crippen LogP contribution in [0.4, 0.5) is 14.5 Å². The number of rotatable bonds is 4. The lowest BCUT2D eigenvalue weighted by atomic mass is 10.1. The summed E-state index contributed by atoms with van der Waals surface area (Å²) in [6, 6.07) is 11.9. The van der Waals surface area contributed by atoms with Crippen molar-refractivity contribution >= 4 is 27.5 Å². The van der Waals surface area contributed by atoms with E-state index in [2.05, 4.69) is 38.3 Å². The van der Waals surface area contributed by atoms with E-state index >= 15 is 0 Å². The molecule has 1 fully saturated rings. The van der Waals surface area contributed by atoms with E-state index in [1.165, 1.54) is 5.69 Å². The maximum atomic E-state index is 13.5. The smallest absolute Gasteiger partial charge is 0.252 e. The average Bonchev–Trinajstić information content (AvgIpc) is 3.06. The molecule has 3 nitrogen and oxygen atoms in total. The minimum Gasteiger partial charge on any atom is -0.371 e. The third-order valence-electron chi connectivity index (χ3n) is 4.20. The van der Waals surface area contributed by atoms with Gasteiger partial charge < -0.3 is 10.2 Å². The van der Waals surface area contributed by atoms with Crippen molar-refractivity contribution in [2.24, 2.45) is 5.92 Å². The zero-order valence-electron chi connectivity index (χ0n) is 12.9. The highest BCUT2D eigenvalue weighted by Gasteiger charge is 2.24. The number of hydrogen-bond acceptors (Lipinski definition) is 2. The van der Waals surface area contributed by atoms with Gasteiger partial charge in [-0.15, -0.1) is 0 Å². The first-order valence-electron chi connectivity index (χ1n) is 7.77. The summed E-state index contributed by atoms with van der Waals surface area (Å²) in [6.07, 6.45) is 0.966. The van der Waals surface area contributed by atoms with E-state index in [9.17, 15) is 13.6 Å². The maximum Gasteiger partial charge on any atom is 0.252 e. The predicted molar refractivity (Wildman–Crippen MR) is 93.2 cm³/mol. The summed E-state index contributed by atoms with van der Waals surface area (Å²) in [6.45, 7) is 2.26. The molecule has 6 heteroatoms. The monoisotopic (exact) mass is 394 g/mol. The Hall–Kier alpha value is -1.95. The fourth-order valence-electron chi connectivity index (χ4n) is 2.93. The number of anilines is 1. The molecule has 0 radical (unpaired) electrons. The van der Waals surface area contributed by atoms with Crippen molar-refractivity contribution in [1.29, 1.82) is 0 Å². The first-order valence-corrected chi connectivity index (χ1v) is 8.56. The number of carbonyl (C=O) groups excluding carboxylic acids is 1. The highest BCUT2D eigenvalue weighted by Crippen LogP contribution is 2.24. The minimum absolute atomic E-state index is 0.0151. The second-order valence-electron chi connectivity index (χ2n) is 5.90. The zero-order chi connectivity index (χ0) is 17.1. The fraction of sp³-hybridized carbons (Fsp3) is 0.278. The van der Waals surface area contributed by atoms with Gasteiger partial charge >= 0.3 is 0 Å². The summed E-state index contributed by atoms with van der Waals surface area (Å²) < 4.78 is 26.8. The second-order valence-corrected chi connectivity index (χ2v) is 6.69. The van der Waals surface area contributed by atoms with Crippen LogP contribution in [0.3, 0.4) is 0 Å². The van der Waals surface area contributed by atoms with Gasteiger partial charge in [0.15, 0.2) is 0 Å². The van der Waals surface area contributed by atoms with Crippen molar-refractivity contribution in [3.63, 3.8) is 0 Å². The van der Waals surface area contributed by atoms with Gasteiger partial charge in [-0.2, -0.15) is 0 Å². The van der Waals surface area contributed by atoms with Gasteiger partial charge in [-0.1, -0.05) is 18.2 Å². The molecule has 0 bridgehead atoms. The number of para-hydroxylation sites is 1. The molecule has 3 rings (SSSR count). The lowest BCUT2D eigenvalue weighted by Gasteiger charge is -2.18. The Bertz CT molecular complexity index is 739. The van der Waals surface area contributed by atoms with Gasteiger partial charge in [0, 0.05) is 31.4 Å². The SMILES string of the molecule is O=C(NCC1CCN(c2ccccc2)C1)c1cc(F)cc(F)c1Br. The Labute approximate surface area is 147 Å². The number of carbonyl (C=O) groups is 1. The van der Waals surface area contributed by atoms with Crippen LogP contribution < -0.4 is 10.2 Å². The van der Waals surface area contributed by atoms with E-state index < -0.39 is 17.5 Å². The Kier molecular flexibility index (Phi) is 5.14. The van der Waals surface area contributed by atoms with Crippen molar-refractivity contribution in [2.75, 3.05) is 24.5 Å². The van der Waals surface area contributed by atoms with Crippen LogP contribution in [0.5, 0.6) is 0 Å². The fourth-order valence-corrected chi connectivity index (χ4v) is 3.34. The van der Waals surface area contributed by atoms with Gasteiger partial charge in [0.1, 0.15) is 11.6 Å². The number of amides is 1. The summed E-state index contributed by atoms with van der Waals surface area (Å²) >= 11 is 3.00. The molecule has 1 atom stereocenters. The standard InChI is InChI=1S/C18H17BrF2N2O/c19-17-15(8-13(20)9-16(17)21)18(24)22-10-12-6-7-23(11-12)14-4-2-1-3-5-14/h1-5,8-9,12H,6-7,10-11H2,(H,22,24). The predicted octanol–water partition coefficient (Wildman–Crippen LogP) is 3.98. The first kappa shape index (κ1) is 16.9. The molecule has 1 aliphatic rings. The molecule has 2 aromatic carbocycles. The van der Waals surface area contributed by atoms with E-state index in [1.807, 2.05) is 18.2 Å². The van der Waals surface area contributed by atoms with Crippen LogP contribution in [0.15, 0.2) is 46.9 Å². The molecule has 1 heterocycles. The molecule has 1 N–H and O–H groups in total. The van der Waals surface area contributed by atoms with E-state index in [1.54, 1.807) is 0 Å². The molecule has 1 saturated heterocycles. The third-order valence-corrected chi connectivity index (χ3v) is 5.00. The van der Waals surface area contributed by atoms with Crippen LogP contribution in [-0.2, 0) is 0 Å². The second kappa shape index (κ2) is 7.30. The summed E-state index contributed by atoms with van der Waals surface area (Å²) in [5.41, 5.74) is 1.15. The third kappa shape index (κ3) is 3.75. The van der Waals surface area contributed by atoms with Crippen LogP contribution >= 0.6 is 15.9 Å². The van der Waals surface area contributed by atoms with Gasteiger partial charge in [-0.25, -0.2) is 8.78 Å². The Morgan fingerprint density at radius 2 is 2.00 bits per heavy atom. The lowest BCUT2D eigenvalue weighted by Crippen LogP contribution is -2.31. The highest BCUT2D eigenvalue weighted by molar-refractivity contribution is 9.10. The first-order chi connectivity index (χ1) is 11.5. The van der Waals surface area contributed by atoms with E-state index in [4.69, 9.17) is 0 Å². The summed E-state index contributed by atoms with van der Waals surface area (Å²) in [5.74, 6) is -1.71. The molecular weight excluding hydrogens is 378 g/mol. The molecular formula is C18H17BrF2N2O. The number of nitrogens with one attached hydrogen (secondary N) is 1. The minimum atomic E-state index is -0.781. The van der Waals surface area contributed by atoms with Crippen LogP contribution in [0.1, 0.15) is 16.8 Å². The maximum absolute atomic E-state index is 13.5. The Morgan fingerprint density at radius 3 is 2.75 bits per heavy atom. The van der Waals surface area contributed by atoms with Gasteiger partial charge in [0.2, 0.25) is 0 Å². The molecule has 2 aromatic rings. The van der Waals surface area contributed by atoms with Crippen molar-refractivity contribution < 1.29 is 13.6 Å². The van der Waals surface area contributed by atoms with Crippen LogP contribution in [-0.4, -0.2) is 25.5 Å². The molecule has 0 aromatic heterocycles. The van der Waals surface area contributed by atoms with Crippen molar-refractivity contribution in [3.8, 4) is 0 Å². The quantitative estimate of drug-likeness (QED) is 0.795. The number of halogens is 3. The molecule has 0 aliphatic carbocycles. The topological polar surface area (TPSA) is 32.3 Å². The summed E-state index contributed by atoms with van der Waals surface area (Å²) in [7, 11) is 0. The van der Waals surface area contributed by atoms with E-state index in [-0.39, 0.29) is 10.0 Å². The normalized spacial score (nSPS) is 17.1. The molecule has 24 heavy (non-hydrogen) atoms. The molecule has 0 spiro atoms. The number of hydrogen-bond donors (Lipinski definition) is 1. The number of benzene rings is 2. The van der Waals surface area contributed by atoms with Crippen LogP contribution in [0.2, 0.25) is 0 Å². The largest absolute Gasteiger partial charge is 0.371 e. The van der Waals surface area contributed by atoms with E-state index in [0.29, 0.717) is 12.5 Å². The lowest BCUT2D eigenvalue weighted by molar-refractivity contribution is 0.0946. The molecule has 1 unspecified atom stereocenters. The van der Waals surface area contributed by atoms with Crippen LogP contribution in [0.25, 0.3) is 0 Å². The average molecular weight is 395 g/mol. The van der Waals surface area contributed by atoms with Gasteiger partial charge in [-0.3, -0.25) is 4.79 Å². The van der Waals surface area contributed by atoms with E-state index in [0.717, 1.165) is 31.6 Å². The molecule has 1 amide bonds. The molecule has 0 saturated carbocycles. The van der Waals surface area contributed by atoms with Crippen LogP contribution in [0, 0.1) is 17.6 Å². The number of nitrogens with zero attached hydrogens (tertiary/aromatic N) is 1. The van der Waals surface area contributed by atoms with Gasteiger partial charge in [-0.05, 0) is 46.5 Å². The Balaban J connectivity index is 1.58. The summed E-state index contributed by atoms with van der Waals surface area (Å²) in [5, 5.41) is 2.78. The van der Waals surface area contributed by atoms with Crippen molar-refractivity contribution in [1.82, 2.24) is 5.32 Å². The van der Waals surface area contributed by atoms with Gasteiger partial charge in [0.25, 0.3) is 5.91 Å². The Morgan fingerprint density at radius 1 is 1.25 bits per heavy atom. The highest BCUT2D eigenvalue weighted by atomic mass is 79.9. The van der Waals surface area contributed by atoms with Crippen molar-refractivity contribution in [2.45, 2.75) is 6.42 Å². The van der Waals surface area contributed by atoms with Crippen molar-refractivity contribution in [3.05, 3.63) is 64.1 Å². The zero-order valence-corrected chi connectivity index (χ0v) is 14.5. The molecule has 1 aliphatic heterocycles. The van der Waals surface area contributed by atoms with Gasteiger partial charge in [0.05, 0.1) is 10.0 Å². The summed E-state index contributed by atoms with van der Waals surface area (Å²) in [4.78, 5) is 14.5. The molecule has 126 valence electrons.